The van der Waals surface area contributed by atoms with Crippen LogP contribution in [-0.2, 0) is 6.54 Å². The van der Waals surface area contributed by atoms with E-state index < -0.39 is 6.55 Å². The van der Waals surface area contributed by atoms with Crippen molar-refractivity contribution in [3.8, 4) is 0 Å². The molecule has 0 spiro atoms. The lowest BCUT2D eigenvalue weighted by molar-refractivity contribution is 0.0671. The Kier molecular flexibility index (Phi) is 8.78. The summed E-state index contributed by atoms with van der Waals surface area (Å²) in [5.74, 6) is 1.73. The fourth-order valence-corrected chi connectivity index (χ4v) is 2.71. The summed E-state index contributed by atoms with van der Waals surface area (Å²) in [5, 5.41) is 6.57. The lowest BCUT2D eigenvalue weighted by Gasteiger charge is -2.28. The van der Waals surface area contributed by atoms with Gasteiger partial charge in [0.05, 0.1) is 0 Å². The van der Waals surface area contributed by atoms with E-state index in [2.05, 4.69) is 27.5 Å². The molecule has 0 atom stereocenters. The van der Waals surface area contributed by atoms with Gasteiger partial charge in [-0.05, 0) is 38.5 Å². The van der Waals surface area contributed by atoms with E-state index in [0.29, 0.717) is 12.0 Å². The number of aromatic nitrogens is 2. The zero-order chi connectivity index (χ0) is 15.9. The van der Waals surface area contributed by atoms with E-state index in [1.807, 2.05) is 6.92 Å². The third-order valence-electron chi connectivity index (χ3n) is 4.04. The van der Waals surface area contributed by atoms with Crippen molar-refractivity contribution in [1.82, 2.24) is 20.2 Å². The Morgan fingerprint density at radius 1 is 1.39 bits per heavy atom. The molecule has 0 bridgehead atoms. The zero-order valence-electron chi connectivity index (χ0n) is 13.6. The number of aliphatic imine (C=N–C) groups is 1. The molecule has 0 aromatic carbocycles. The summed E-state index contributed by atoms with van der Waals surface area (Å²) < 4.78 is 26.4. The van der Waals surface area contributed by atoms with Gasteiger partial charge in [-0.2, -0.15) is 8.78 Å². The van der Waals surface area contributed by atoms with Gasteiger partial charge in [-0.25, -0.2) is 9.98 Å². The van der Waals surface area contributed by atoms with Gasteiger partial charge in [-0.15, -0.1) is 24.0 Å². The van der Waals surface area contributed by atoms with Crippen molar-refractivity contribution in [2.45, 2.75) is 58.7 Å². The molecule has 0 unspecified atom stereocenters. The summed E-state index contributed by atoms with van der Waals surface area (Å²) in [4.78, 5) is 8.34. The summed E-state index contributed by atoms with van der Waals surface area (Å²) in [6.45, 7) is 2.55. The van der Waals surface area contributed by atoms with Gasteiger partial charge in [0.2, 0.25) is 0 Å². The van der Waals surface area contributed by atoms with E-state index in [4.69, 9.17) is 0 Å². The second kappa shape index (κ2) is 10.0. The van der Waals surface area contributed by atoms with Crippen LogP contribution < -0.4 is 10.6 Å². The van der Waals surface area contributed by atoms with Crippen LogP contribution in [0.25, 0.3) is 0 Å². The highest BCUT2D eigenvalue weighted by molar-refractivity contribution is 14.0. The maximum absolute atomic E-state index is 12.8. The average Bonchev–Trinajstić information content (AvgIpc) is 2.96. The number of hydrogen-bond donors (Lipinski definition) is 2. The maximum atomic E-state index is 12.8. The fourth-order valence-electron chi connectivity index (χ4n) is 2.71. The SMILES string of the molecule is CCNC(=NCc1nccn1C(F)F)NC1CCC(C)CC1.I. The zero-order valence-corrected chi connectivity index (χ0v) is 16.0. The standard InChI is InChI=1S/C15H25F2N5.HI/c1-3-18-15(21-12-6-4-11(2)5-7-12)20-10-13-19-8-9-22(13)14(16)17;/h8-9,11-12,14H,3-7,10H2,1-2H3,(H2,18,20,21);1H. The molecule has 8 heteroatoms. The first-order chi connectivity index (χ1) is 10.6. The quantitative estimate of drug-likeness (QED) is 0.418. The molecular formula is C15H26F2IN5. The van der Waals surface area contributed by atoms with Crippen molar-refractivity contribution in [1.29, 1.82) is 0 Å². The number of imidazole rings is 1. The highest BCUT2D eigenvalue weighted by Gasteiger charge is 2.19. The number of nitrogens with one attached hydrogen (secondary N) is 2. The smallest absolute Gasteiger partial charge is 0.319 e. The molecule has 1 heterocycles. The molecule has 1 saturated carbocycles. The highest BCUT2D eigenvalue weighted by atomic mass is 127. The largest absolute Gasteiger partial charge is 0.357 e. The van der Waals surface area contributed by atoms with E-state index >= 15 is 0 Å². The second-order valence-electron chi connectivity index (χ2n) is 5.82. The molecule has 0 aliphatic heterocycles. The third kappa shape index (κ3) is 6.23. The Morgan fingerprint density at radius 3 is 2.70 bits per heavy atom. The lowest BCUT2D eigenvalue weighted by atomic mass is 9.87. The predicted molar refractivity (Wildman–Crippen MR) is 98.3 cm³/mol. The Balaban J connectivity index is 0.00000264. The number of guanidine groups is 1. The fraction of sp³-hybridized carbons (Fsp3) is 0.733. The van der Waals surface area contributed by atoms with Gasteiger partial charge >= 0.3 is 6.55 Å². The van der Waals surface area contributed by atoms with Crippen molar-refractivity contribution in [2.75, 3.05) is 6.54 Å². The number of rotatable bonds is 5. The van der Waals surface area contributed by atoms with Crippen molar-refractivity contribution in [2.24, 2.45) is 10.9 Å². The van der Waals surface area contributed by atoms with Crippen LogP contribution in [0.3, 0.4) is 0 Å². The molecule has 132 valence electrons. The van der Waals surface area contributed by atoms with Crippen molar-refractivity contribution >= 4 is 29.9 Å². The number of hydrogen-bond acceptors (Lipinski definition) is 2. The normalized spacial score (nSPS) is 21.9. The van der Waals surface area contributed by atoms with Gasteiger partial charge in [0, 0.05) is 25.0 Å². The molecule has 1 aromatic heterocycles. The average molecular weight is 441 g/mol. The summed E-state index contributed by atoms with van der Waals surface area (Å²) in [5.41, 5.74) is 0. The van der Waals surface area contributed by atoms with E-state index in [0.717, 1.165) is 29.9 Å². The van der Waals surface area contributed by atoms with Gasteiger partial charge < -0.3 is 10.6 Å². The third-order valence-corrected chi connectivity index (χ3v) is 4.04. The topological polar surface area (TPSA) is 54.2 Å². The lowest BCUT2D eigenvalue weighted by Crippen LogP contribution is -2.44. The van der Waals surface area contributed by atoms with Crippen molar-refractivity contribution < 1.29 is 8.78 Å². The molecule has 0 radical (unpaired) electrons. The van der Waals surface area contributed by atoms with Crippen LogP contribution in [0, 0.1) is 5.92 Å². The molecule has 1 fully saturated rings. The molecule has 2 rings (SSSR count). The molecule has 0 amide bonds. The van der Waals surface area contributed by atoms with E-state index in [9.17, 15) is 8.78 Å². The molecule has 23 heavy (non-hydrogen) atoms. The van der Waals surface area contributed by atoms with Crippen LogP contribution in [0.15, 0.2) is 17.4 Å². The maximum Gasteiger partial charge on any atom is 0.319 e. The van der Waals surface area contributed by atoms with Gasteiger partial charge in [-0.1, -0.05) is 6.92 Å². The van der Waals surface area contributed by atoms with Crippen LogP contribution in [0.2, 0.25) is 0 Å². The van der Waals surface area contributed by atoms with Crippen LogP contribution in [0.4, 0.5) is 8.78 Å². The Bertz CT molecular complexity index is 484. The van der Waals surface area contributed by atoms with Gasteiger partial charge in [0.25, 0.3) is 0 Å². The number of nitrogens with zero attached hydrogens (tertiary/aromatic N) is 3. The van der Waals surface area contributed by atoms with Crippen LogP contribution in [0.1, 0.15) is 51.9 Å². The Labute approximate surface area is 153 Å². The Hall–Kier alpha value is -0.930. The van der Waals surface area contributed by atoms with Crippen molar-refractivity contribution in [3.63, 3.8) is 0 Å². The number of halogens is 3. The summed E-state index contributed by atoms with van der Waals surface area (Å²) in [7, 11) is 0. The molecule has 2 N–H and O–H groups in total. The monoisotopic (exact) mass is 441 g/mol. The van der Waals surface area contributed by atoms with Crippen LogP contribution in [-0.4, -0.2) is 28.1 Å². The Morgan fingerprint density at radius 2 is 2.09 bits per heavy atom. The van der Waals surface area contributed by atoms with E-state index in [1.54, 1.807) is 0 Å². The first-order valence-corrected chi connectivity index (χ1v) is 7.94. The van der Waals surface area contributed by atoms with Gasteiger partial charge in [0.15, 0.2) is 5.96 Å². The minimum Gasteiger partial charge on any atom is -0.357 e. The molecule has 0 saturated heterocycles. The summed E-state index contributed by atoms with van der Waals surface area (Å²) in [6, 6.07) is 0.406. The first kappa shape index (κ1) is 20.1. The number of alkyl halides is 2. The minimum atomic E-state index is -2.58. The summed E-state index contributed by atoms with van der Waals surface area (Å²) in [6.07, 6.45) is 7.33. The van der Waals surface area contributed by atoms with Crippen LogP contribution in [0.5, 0.6) is 0 Å². The molecule has 1 aliphatic carbocycles. The second-order valence-corrected chi connectivity index (χ2v) is 5.82. The van der Waals surface area contributed by atoms with Gasteiger partial charge in [-0.3, -0.25) is 4.57 Å². The first-order valence-electron chi connectivity index (χ1n) is 7.94. The molecular weight excluding hydrogens is 415 g/mol. The van der Waals surface area contributed by atoms with E-state index in [1.165, 1.54) is 25.2 Å². The van der Waals surface area contributed by atoms with Crippen LogP contribution >= 0.6 is 24.0 Å². The van der Waals surface area contributed by atoms with E-state index in [-0.39, 0.29) is 36.3 Å². The highest BCUT2D eigenvalue weighted by Crippen LogP contribution is 2.23. The van der Waals surface area contributed by atoms with Crippen molar-refractivity contribution in [3.05, 3.63) is 18.2 Å². The molecule has 1 aromatic rings. The molecule has 5 nitrogen and oxygen atoms in total. The molecule has 1 aliphatic rings. The van der Waals surface area contributed by atoms with Gasteiger partial charge in [0.1, 0.15) is 12.4 Å². The summed E-state index contributed by atoms with van der Waals surface area (Å²) >= 11 is 0. The predicted octanol–water partition coefficient (Wildman–Crippen LogP) is 3.53. The minimum absolute atomic E-state index is 0.